The topological polar surface area (TPSA) is 71.1 Å². The average Bonchev–Trinajstić information content (AvgIpc) is 2.62. The van der Waals surface area contributed by atoms with E-state index in [2.05, 4.69) is 14.9 Å². The number of aromatic amines is 1. The number of nitrogens with one attached hydrogen (secondary N) is 1. The number of H-pyrrole nitrogens is 1. The molecule has 0 unspecified atom stereocenters. The van der Waals surface area contributed by atoms with E-state index in [4.69, 9.17) is 9.72 Å². The lowest BCUT2D eigenvalue weighted by atomic mass is 10.1. The number of hydrogen-bond acceptors (Lipinski definition) is 5. The molecule has 0 aliphatic carbocycles. The molecule has 0 bridgehead atoms. The molecule has 0 saturated carbocycles. The van der Waals surface area contributed by atoms with Crippen molar-refractivity contribution in [3.05, 3.63) is 52.8 Å². The molecule has 116 valence electrons. The Morgan fingerprint density at radius 2 is 1.74 bits per heavy atom. The Kier molecular flexibility index (Phi) is 3.51. The number of hydrogen-bond donors (Lipinski definition) is 1. The molecule has 1 fully saturated rings. The first kappa shape index (κ1) is 13.9. The molecule has 4 rings (SSSR count). The molecule has 1 aromatic rings. The Bertz CT molecular complexity index is 841. The van der Waals surface area contributed by atoms with Crippen molar-refractivity contribution in [3.63, 3.8) is 0 Å². The zero-order chi connectivity index (χ0) is 15.6. The molecular weight excluding hydrogens is 292 g/mol. The summed E-state index contributed by atoms with van der Waals surface area (Å²) in [7, 11) is 0. The Morgan fingerprint density at radius 3 is 2.52 bits per heavy atom. The first-order chi connectivity index (χ1) is 11.3. The van der Waals surface area contributed by atoms with E-state index in [0.717, 1.165) is 30.0 Å². The van der Waals surface area contributed by atoms with Gasteiger partial charge in [-0.15, -0.1) is 0 Å². The molecule has 23 heavy (non-hydrogen) atoms. The zero-order valence-corrected chi connectivity index (χ0v) is 12.5. The highest BCUT2D eigenvalue weighted by Gasteiger charge is 2.21. The lowest BCUT2D eigenvalue weighted by Crippen LogP contribution is -2.37. The van der Waals surface area contributed by atoms with Crippen LogP contribution in [-0.2, 0) is 4.74 Å². The average molecular weight is 308 g/mol. The maximum absolute atomic E-state index is 11.6. The Balaban J connectivity index is 1.91. The standard InChI is InChI=1S/C17H16N4O2/c22-14-7-6-13-16(18-14)19-15(12-4-2-1-3-5-12)20-17(13)21-8-10-23-11-9-21/h1-7H,8-11H2,(H,18,19,20,22). The quantitative estimate of drug-likeness (QED) is 0.781. The molecule has 3 heterocycles. The van der Waals surface area contributed by atoms with Gasteiger partial charge in [-0.25, -0.2) is 4.98 Å². The van der Waals surface area contributed by atoms with E-state index in [1.54, 1.807) is 6.07 Å². The summed E-state index contributed by atoms with van der Waals surface area (Å²) in [6.45, 7) is 2.91. The van der Waals surface area contributed by atoms with Crippen molar-refractivity contribution in [1.82, 2.24) is 15.0 Å². The van der Waals surface area contributed by atoms with Gasteiger partial charge in [-0.2, -0.15) is 4.98 Å². The van der Waals surface area contributed by atoms with Gasteiger partial charge in [-0.05, 0) is 6.07 Å². The van der Waals surface area contributed by atoms with Crippen LogP contribution in [0, 0.1) is 0 Å². The van der Waals surface area contributed by atoms with Crippen LogP contribution in [0.3, 0.4) is 0 Å². The summed E-state index contributed by atoms with van der Waals surface area (Å²) in [5.41, 5.74) is 1.56. The maximum Gasteiger partial charge on any atom is 0.271 e. The highest BCUT2D eigenvalue weighted by atomic mass is 16.5. The van der Waals surface area contributed by atoms with Crippen LogP contribution in [0.4, 0.5) is 5.82 Å². The summed E-state index contributed by atoms with van der Waals surface area (Å²) >= 11 is 0. The number of ether oxygens (including phenoxy) is 1. The summed E-state index contributed by atoms with van der Waals surface area (Å²) in [5, 5.41) is 0. The summed E-state index contributed by atoms with van der Waals surface area (Å²) in [6, 6.07) is 13.1. The Labute approximate surface area is 133 Å². The molecule has 0 radical (unpaired) electrons. The van der Waals surface area contributed by atoms with E-state index < -0.39 is 0 Å². The minimum Gasteiger partial charge on any atom is -0.378 e. The van der Waals surface area contributed by atoms with Gasteiger partial charge in [0.15, 0.2) is 0 Å². The SMILES string of the molecule is O=c1ccc2c(N3CCOCC3)nc(-c3ccccc3)[nH]c-2n1. The van der Waals surface area contributed by atoms with E-state index in [-0.39, 0.29) is 5.56 Å². The number of morpholine rings is 1. The third-order valence-electron chi connectivity index (χ3n) is 3.92. The number of rotatable bonds is 2. The fourth-order valence-electron chi connectivity index (χ4n) is 2.77. The van der Waals surface area contributed by atoms with Crippen molar-refractivity contribution in [2.45, 2.75) is 0 Å². The Hall–Kier alpha value is -2.73. The van der Waals surface area contributed by atoms with Crippen LogP contribution in [0.2, 0.25) is 0 Å². The van der Waals surface area contributed by atoms with Crippen LogP contribution in [-0.4, -0.2) is 41.3 Å². The molecule has 1 aromatic carbocycles. The number of benzene rings is 1. The molecule has 1 N–H and O–H groups in total. The molecule has 0 atom stereocenters. The van der Waals surface area contributed by atoms with Crippen molar-refractivity contribution in [1.29, 1.82) is 0 Å². The van der Waals surface area contributed by atoms with Crippen molar-refractivity contribution in [3.8, 4) is 22.8 Å². The number of fused-ring (bicyclic) bond motifs is 1. The first-order valence-electron chi connectivity index (χ1n) is 7.60. The fraction of sp³-hybridized carbons (Fsp3) is 0.235. The summed E-state index contributed by atoms with van der Waals surface area (Å²) in [4.78, 5) is 25.9. The van der Waals surface area contributed by atoms with Gasteiger partial charge in [0.2, 0.25) is 0 Å². The van der Waals surface area contributed by atoms with E-state index in [1.807, 2.05) is 30.3 Å². The molecule has 3 aliphatic heterocycles. The zero-order valence-electron chi connectivity index (χ0n) is 12.5. The Morgan fingerprint density at radius 1 is 0.957 bits per heavy atom. The smallest absolute Gasteiger partial charge is 0.271 e. The molecule has 1 saturated heterocycles. The van der Waals surface area contributed by atoms with Gasteiger partial charge in [0.25, 0.3) is 5.56 Å². The van der Waals surface area contributed by atoms with Gasteiger partial charge >= 0.3 is 0 Å². The number of anilines is 1. The van der Waals surface area contributed by atoms with Crippen LogP contribution < -0.4 is 10.5 Å². The first-order valence-corrected chi connectivity index (χ1v) is 7.60. The van der Waals surface area contributed by atoms with Crippen molar-refractivity contribution in [2.75, 3.05) is 31.2 Å². The monoisotopic (exact) mass is 308 g/mol. The number of aromatic nitrogens is 3. The largest absolute Gasteiger partial charge is 0.378 e. The van der Waals surface area contributed by atoms with E-state index in [1.165, 1.54) is 6.07 Å². The predicted molar refractivity (Wildman–Crippen MR) is 87.7 cm³/mol. The normalized spacial score (nSPS) is 15.0. The number of nitrogens with zero attached hydrogens (tertiary/aromatic N) is 3. The van der Waals surface area contributed by atoms with Gasteiger partial charge in [-0.3, -0.25) is 4.79 Å². The third kappa shape index (κ3) is 2.68. The van der Waals surface area contributed by atoms with E-state index in [0.29, 0.717) is 24.9 Å². The highest BCUT2D eigenvalue weighted by Crippen LogP contribution is 2.30. The molecular formula is C17H16N4O2. The second-order valence-corrected chi connectivity index (χ2v) is 5.42. The second kappa shape index (κ2) is 5.81. The molecule has 6 nitrogen and oxygen atoms in total. The molecule has 6 heteroatoms. The van der Waals surface area contributed by atoms with Gasteiger partial charge in [-0.1, -0.05) is 30.3 Å². The fourth-order valence-corrected chi connectivity index (χ4v) is 2.77. The summed E-state index contributed by atoms with van der Waals surface area (Å²) in [5.74, 6) is 2.11. The van der Waals surface area contributed by atoms with Crippen LogP contribution in [0.5, 0.6) is 0 Å². The molecule has 3 aliphatic rings. The van der Waals surface area contributed by atoms with Crippen LogP contribution in [0.25, 0.3) is 22.8 Å². The van der Waals surface area contributed by atoms with Crippen LogP contribution in [0.1, 0.15) is 0 Å². The lowest BCUT2D eigenvalue weighted by Gasteiger charge is -2.30. The second-order valence-electron chi connectivity index (χ2n) is 5.42. The summed E-state index contributed by atoms with van der Waals surface area (Å²) in [6.07, 6.45) is 0. The lowest BCUT2D eigenvalue weighted by molar-refractivity contribution is 0.122. The highest BCUT2D eigenvalue weighted by molar-refractivity contribution is 5.75. The van der Waals surface area contributed by atoms with Crippen molar-refractivity contribution >= 4 is 5.82 Å². The molecule has 0 spiro atoms. The van der Waals surface area contributed by atoms with Gasteiger partial charge in [0.05, 0.1) is 18.8 Å². The number of pyridine rings is 1. The van der Waals surface area contributed by atoms with Crippen molar-refractivity contribution < 1.29 is 4.74 Å². The predicted octanol–water partition coefficient (Wildman–Crippen LogP) is 1.77. The van der Waals surface area contributed by atoms with Gasteiger partial charge in [0.1, 0.15) is 17.5 Å². The van der Waals surface area contributed by atoms with Gasteiger partial charge in [0, 0.05) is 24.7 Å². The molecule has 0 amide bonds. The third-order valence-corrected chi connectivity index (χ3v) is 3.92. The van der Waals surface area contributed by atoms with E-state index in [9.17, 15) is 4.79 Å². The minimum atomic E-state index is -0.258. The van der Waals surface area contributed by atoms with Crippen molar-refractivity contribution in [2.24, 2.45) is 0 Å². The van der Waals surface area contributed by atoms with E-state index >= 15 is 0 Å². The summed E-state index contributed by atoms with van der Waals surface area (Å²) < 4.78 is 5.42. The minimum absolute atomic E-state index is 0.258. The van der Waals surface area contributed by atoms with Crippen LogP contribution >= 0.6 is 0 Å². The van der Waals surface area contributed by atoms with Crippen LogP contribution in [0.15, 0.2) is 47.3 Å². The molecule has 0 aromatic heterocycles. The van der Waals surface area contributed by atoms with Gasteiger partial charge < -0.3 is 14.6 Å². The maximum atomic E-state index is 11.6.